The Balaban J connectivity index is 1.77. The number of hydrogen-bond acceptors (Lipinski definition) is 6. The Hall–Kier alpha value is -3.48. The molecular formula is C18H16N4O3. The Morgan fingerprint density at radius 2 is 1.64 bits per heavy atom. The van der Waals surface area contributed by atoms with Gasteiger partial charge in [0.25, 0.3) is 5.91 Å². The van der Waals surface area contributed by atoms with Crippen molar-refractivity contribution in [3.05, 3.63) is 60.8 Å². The van der Waals surface area contributed by atoms with Crippen molar-refractivity contribution < 1.29 is 14.3 Å². The first-order valence-corrected chi connectivity index (χ1v) is 7.45. The van der Waals surface area contributed by atoms with Crippen molar-refractivity contribution in [1.29, 1.82) is 0 Å². The third-order valence-corrected chi connectivity index (χ3v) is 3.49. The van der Waals surface area contributed by atoms with Crippen LogP contribution in [0.15, 0.2) is 55.2 Å². The average molecular weight is 336 g/mol. The van der Waals surface area contributed by atoms with Gasteiger partial charge in [0.2, 0.25) is 0 Å². The number of hydrogen-bond donors (Lipinski definition) is 1. The predicted octanol–water partition coefficient (Wildman–Crippen LogP) is 2.81. The zero-order valence-electron chi connectivity index (χ0n) is 13.8. The van der Waals surface area contributed by atoms with Crippen LogP contribution in [0.1, 0.15) is 10.4 Å². The first-order valence-electron chi connectivity index (χ1n) is 7.45. The van der Waals surface area contributed by atoms with Gasteiger partial charge in [0.05, 0.1) is 25.5 Å². The fraction of sp³-hybridized carbons (Fsp3) is 0.111. The van der Waals surface area contributed by atoms with E-state index in [1.807, 2.05) is 0 Å². The van der Waals surface area contributed by atoms with Crippen LogP contribution in [-0.2, 0) is 0 Å². The van der Waals surface area contributed by atoms with Crippen LogP contribution >= 0.6 is 0 Å². The van der Waals surface area contributed by atoms with Crippen molar-refractivity contribution in [1.82, 2.24) is 15.0 Å². The molecule has 0 saturated heterocycles. The van der Waals surface area contributed by atoms with Gasteiger partial charge in [-0.1, -0.05) is 0 Å². The van der Waals surface area contributed by atoms with E-state index >= 15 is 0 Å². The molecule has 0 atom stereocenters. The predicted molar refractivity (Wildman–Crippen MR) is 92.8 cm³/mol. The summed E-state index contributed by atoms with van der Waals surface area (Å²) >= 11 is 0. The molecule has 2 aromatic heterocycles. The number of ether oxygens (including phenoxy) is 2. The number of pyridine rings is 1. The molecular weight excluding hydrogens is 320 g/mol. The summed E-state index contributed by atoms with van der Waals surface area (Å²) in [5.74, 6) is 0.901. The summed E-state index contributed by atoms with van der Waals surface area (Å²) < 4.78 is 10.4. The maximum absolute atomic E-state index is 12.4. The number of benzene rings is 1. The van der Waals surface area contributed by atoms with Crippen LogP contribution in [0.5, 0.6) is 11.5 Å². The minimum Gasteiger partial charge on any atom is -0.497 e. The first-order chi connectivity index (χ1) is 12.2. The van der Waals surface area contributed by atoms with E-state index < -0.39 is 0 Å². The highest BCUT2D eigenvalue weighted by molar-refractivity contribution is 6.04. The Labute approximate surface area is 144 Å². The van der Waals surface area contributed by atoms with Crippen molar-refractivity contribution >= 4 is 11.6 Å². The summed E-state index contributed by atoms with van der Waals surface area (Å²) in [6, 6.07) is 8.60. The SMILES string of the molecule is COc1cc(NC(=O)c2ccc(-c3cncnc3)nc2)cc(OC)c1. The summed E-state index contributed by atoms with van der Waals surface area (Å²) in [6.45, 7) is 0. The number of carbonyl (C=O) groups excluding carboxylic acids is 1. The summed E-state index contributed by atoms with van der Waals surface area (Å²) in [5.41, 5.74) is 2.48. The molecule has 0 unspecified atom stereocenters. The molecule has 126 valence electrons. The Morgan fingerprint density at radius 1 is 0.960 bits per heavy atom. The number of nitrogens with one attached hydrogen (secondary N) is 1. The van der Waals surface area contributed by atoms with E-state index in [0.29, 0.717) is 28.4 Å². The smallest absolute Gasteiger partial charge is 0.257 e. The molecule has 0 aliphatic rings. The second kappa shape index (κ2) is 7.39. The number of aromatic nitrogens is 3. The van der Waals surface area contributed by atoms with Crippen molar-refractivity contribution in [3.63, 3.8) is 0 Å². The molecule has 0 spiro atoms. The number of amides is 1. The molecule has 3 aromatic rings. The van der Waals surface area contributed by atoms with Crippen LogP contribution in [0.3, 0.4) is 0 Å². The second-order valence-corrected chi connectivity index (χ2v) is 5.11. The maximum atomic E-state index is 12.4. The van der Waals surface area contributed by atoms with Crippen LogP contribution in [0.4, 0.5) is 5.69 Å². The quantitative estimate of drug-likeness (QED) is 0.771. The van der Waals surface area contributed by atoms with Gasteiger partial charge in [-0.2, -0.15) is 0 Å². The highest BCUT2D eigenvalue weighted by Crippen LogP contribution is 2.26. The van der Waals surface area contributed by atoms with Crippen LogP contribution in [-0.4, -0.2) is 35.1 Å². The van der Waals surface area contributed by atoms with Crippen LogP contribution in [0.25, 0.3) is 11.3 Å². The molecule has 25 heavy (non-hydrogen) atoms. The third-order valence-electron chi connectivity index (χ3n) is 3.49. The summed E-state index contributed by atoms with van der Waals surface area (Å²) in [6.07, 6.45) is 6.29. The normalized spacial score (nSPS) is 10.2. The lowest BCUT2D eigenvalue weighted by atomic mass is 10.2. The molecule has 0 aliphatic carbocycles. The minimum absolute atomic E-state index is 0.279. The molecule has 0 radical (unpaired) electrons. The lowest BCUT2D eigenvalue weighted by molar-refractivity contribution is 0.102. The number of anilines is 1. The third kappa shape index (κ3) is 3.89. The molecule has 0 fully saturated rings. The van der Waals surface area contributed by atoms with E-state index in [-0.39, 0.29) is 5.91 Å². The van der Waals surface area contributed by atoms with Crippen LogP contribution < -0.4 is 14.8 Å². The van der Waals surface area contributed by atoms with E-state index in [1.165, 1.54) is 12.5 Å². The lowest BCUT2D eigenvalue weighted by Crippen LogP contribution is -2.12. The van der Waals surface area contributed by atoms with Crippen LogP contribution in [0.2, 0.25) is 0 Å². The maximum Gasteiger partial charge on any atom is 0.257 e. The Kier molecular flexibility index (Phi) is 4.84. The van der Waals surface area contributed by atoms with Gasteiger partial charge < -0.3 is 14.8 Å². The highest BCUT2D eigenvalue weighted by atomic mass is 16.5. The molecule has 7 heteroatoms. The van der Waals surface area contributed by atoms with E-state index in [2.05, 4.69) is 20.3 Å². The number of methoxy groups -OCH3 is 2. The molecule has 1 amide bonds. The largest absolute Gasteiger partial charge is 0.497 e. The zero-order valence-corrected chi connectivity index (χ0v) is 13.8. The molecule has 0 saturated carbocycles. The first kappa shape index (κ1) is 16.4. The van der Waals surface area contributed by atoms with Gasteiger partial charge in [0, 0.05) is 48.0 Å². The average Bonchev–Trinajstić information content (AvgIpc) is 2.68. The minimum atomic E-state index is -0.279. The Bertz CT molecular complexity index is 845. The van der Waals surface area contributed by atoms with Gasteiger partial charge in [-0.3, -0.25) is 9.78 Å². The van der Waals surface area contributed by atoms with Crippen molar-refractivity contribution in [2.45, 2.75) is 0 Å². The molecule has 1 N–H and O–H groups in total. The Morgan fingerprint density at radius 3 is 2.20 bits per heavy atom. The van der Waals surface area contributed by atoms with E-state index in [0.717, 1.165) is 5.56 Å². The standard InChI is InChI=1S/C18H16N4O3/c1-24-15-5-14(6-16(7-15)25-2)22-18(23)12-3-4-17(21-10-12)13-8-19-11-20-9-13/h3-11H,1-2H3,(H,22,23). The van der Waals surface area contributed by atoms with Crippen molar-refractivity contribution in [2.24, 2.45) is 0 Å². The second-order valence-electron chi connectivity index (χ2n) is 5.11. The van der Waals surface area contributed by atoms with E-state index in [1.54, 1.807) is 56.9 Å². The van der Waals surface area contributed by atoms with Gasteiger partial charge in [-0.05, 0) is 12.1 Å². The zero-order chi connectivity index (χ0) is 17.6. The van der Waals surface area contributed by atoms with Gasteiger partial charge in [-0.15, -0.1) is 0 Å². The monoisotopic (exact) mass is 336 g/mol. The van der Waals surface area contributed by atoms with E-state index in [9.17, 15) is 4.79 Å². The number of carbonyl (C=O) groups is 1. The highest BCUT2D eigenvalue weighted by Gasteiger charge is 2.10. The summed E-state index contributed by atoms with van der Waals surface area (Å²) in [5, 5.41) is 2.80. The van der Waals surface area contributed by atoms with E-state index in [4.69, 9.17) is 9.47 Å². The van der Waals surface area contributed by atoms with Gasteiger partial charge in [0.15, 0.2) is 0 Å². The van der Waals surface area contributed by atoms with Gasteiger partial charge in [-0.25, -0.2) is 9.97 Å². The van der Waals surface area contributed by atoms with Crippen LogP contribution in [0, 0.1) is 0 Å². The number of rotatable bonds is 5. The molecule has 0 bridgehead atoms. The fourth-order valence-electron chi connectivity index (χ4n) is 2.21. The number of nitrogens with zero attached hydrogens (tertiary/aromatic N) is 3. The van der Waals surface area contributed by atoms with Crippen molar-refractivity contribution in [3.8, 4) is 22.8 Å². The summed E-state index contributed by atoms with van der Waals surface area (Å²) in [4.78, 5) is 24.6. The molecule has 7 nitrogen and oxygen atoms in total. The molecule has 1 aromatic carbocycles. The topological polar surface area (TPSA) is 86.2 Å². The lowest BCUT2D eigenvalue weighted by Gasteiger charge is -2.10. The fourth-order valence-corrected chi connectivity index (χ4v) is 2.21. The van der Waals surface area contributed by atoms with Gasteiger partial charge >= 0.3 is 0 Å². The van der Waals surface area contributed by atoms with Gasteiger partial charge in [0.1, 0.15) is 17.8 Å². The molecule has 0 aliphatic heterocycles. The summed E-state index contributed by atoms with van der Waals surface area (Å²) in [7, 11) is 3.10. The van der Waals surface area contributed by atoms with Crippen molar-refractivity contribution in [2.75, 3.05) is 19.5 Å². The molecule has 3 rings (SSSR count). The molecule has 2 heterocycles.